The summed E-state index contributed by atoms with van der Waals surface area (Å²) in [5, 5.41) is 2.29. The van der Waals surface area contributed by atoms with E-state index in [-0.39, 0.29) is 21.4 Å². The Morgan fingerprint density at radius 1 is 1.06 bits per heavy atom. The summed E-state index contributed by atoms with van der Waals surface area (Å²) in [5.41, 5.74) is 4.89. The molecule has 1 aliphatic rings. The average Bonchev–Trinajstić information content (AvgIpc) is 3.01. The number of hydrogen-bond acceptors (Lipinski definition) is 3. The number of benzene rings is 2. The number of anilines is 1. The lowest BCUT2D eigenvalue weighted by molar-refractivity contribution is -0.122. The van der Waals surface area contributed by atoms with E-state index in [4.69, 9.17) is 23.8 Å². The molecule has 1 aromatic heterocycles. The van der Waals surface area contributed by atoms with Crippen LogP contribution in [0.25, 0.3) is 11.8 Å². The SMILES string of the molecule is Cc1ccccc1-n1c(C)cc(/C=C2\C(=O)NC(=S)N(c3ccc(F)c(Cl)c3)C2=O)c1C. The number of hydrogen-bond donors (Lipinski definition) is 1. The van der Waals surface area contributed by atoms with Gasteiger partial charge in [0.2, 0.25) is 0 Å². The van der Waals surface area contributed by atoms with Gasteiger partial charge in [0.15, 0.2) is 5.11 Å². The Kier molecular flexibility index (Phi) is 5.71. The van der Waals surface area contributed by atoms with Crippen LogP contribution >= 0.6 is 23.8 Å². The van der Waals surface area contributed by atoms with Gasteiger partial charge in [0, 0.05) is 17.1 Å². The normalized spacial score (nSPS) is 15.5. The number of aryl methyl sites for hydroxylation is 2. The fraction of sp³-hybridized carbons (Fsp3) is 0.125. The quantitative estimate of drug-likeness (QED) is 0.334. The van der Waals surface area contributed by atoms with Crippen molar-refractivity contribution in [2.24, 2.45) is 0 Å². The molecule has 2 aromatic carbocycles. The van der Waals surface area contributed by atoms with E-state index < -0.39 is 17.6 Å². The van der Waals surface area contributed by atoms with Gasteiger partial charge in [-0.2, -0.15) is 0 Å². The van der Waals surface area contributed by atoms with Gasteiger partial charge in [-0.1, -0.05) is 29.8 Å². The number of halogens is 2. The molecule has 0 saturated carbocycles. The Hall–Kier alpha value is -3.29. The molecule has 4 rings (SSSR count). The van der Waals surface area contributed by atoms with Gasteiger partial charge >= 0.3 is 0 Å². The molecule has 1 aliphatic heterocycles. The Morgan fingerprint density at radius 3 is 2.47 bits per heavy atom. The van der Waals surface area contributed by atoms with Gasteiger partial charge in [0.05, 0.1) is 10.7 Å². The van der Waals surface area contributed by atoms with E-state index in [1.807, 2.05) is 51.1 Å². The largest absolute Gasteiger partial charge is 0.318 e. The van der Waals surface area contributed by atoms with Crippen molar-refractivity contribution < 1.29 is 14.0 Å². The zero-order chi connectivity index (χ0) is 23.2. The van der Waals surface area contributed by atoms with Crippen molar-refractivity contribution in [1.82, 2.24) is 9.88 Å². The van der Waals surface area contributed by atoms with Crippen LogP contribution < -0.4 is 10.2 Å². The Balaban J connectivity index is 1.78. The summed E-state index contributed by atoms with van der Waals surface area (Å²) >= 11 is 11.1. The maximum absolute atomic E-state index is 13.6. The first-order valence-electron chi connectivity index (χ1n) is 9.80. The first kappa shape index (κ1) is 21.9. The topological polar surface area (TPSA) is 54.3 Å². The molecule has 0 aliphatic carbocycles. The van der Waals surface area contributed by atoms with Crippen LogP contribution in [0.5, 0.6) is 0 Å². The van der Waals surface area contributed by atoms with Crippen LogP contribution in [0.4, 0.5) is 10.1 Å². The second-order valence-electron chi connectivity index (χ2n) is 7.50. The number of thiocarbonyl (C=S) groups is 1. The minimum atomic E-state index is -0.616. The maximum Gasteiger partial charge on any atom is 0.270 e. The highest BCUT2D eigenvalue weighted by molar-refractivity contribution is 7.80. The van der Waals surface area contributed by atoms with Gasteiger partial charge in [-0.25, -0.2) is 4.39 Å². The van der Waals surface area contributed by atoms with E-state index in [0.29, 0.717) is 0 Å². The summed E-state index contributed by atoms with van der Waals surface area (Å²) in [6.45, 7) is 5.92. The minimum absolute atomic E-state index is 0.0796. The zero-order valence-corrected chi connectivity index (χ0v) is 19.1. The number of aromatic nitrogens is 1. The summed E-state index contributed by atoms with van der Waals surface area (Å²) in [6, 6.07) is 13.7. The lowest BCUT2D eigenvalue weighted by atomic mass is 10.1. The second kappa shape index (κ2) is 8.33. The van der Waals surface area contributed by atoms with Crippen molar-refractivity contribution >= 4 is 52.5 Å². The average molecular weight is 468 g/mol. The highest BCUT2D eigenvalue weighted by atomic mass is 35.5. The number of rotatable bonds is 3. The first-order chi connectivity index (χ1) is 15.2. The summed E-state index contributed by atoms with van der Waals surface area (Å²) < 4.78 is 15.7. The number of nitrogens with one attached hydrogen (secondary N) is 1. The highest BCUT2D eigenvalue weighted by Crippen LogP contribution is 2.28. The lowest BCUT2D eigenvalue weighted by Crippen LogP contribution is -2.54. The molecule has 1 saturated heterocycles. The highest BCUT2D eigenvalue weighted by Gasteiger charge is 2.35. The van der Waals surface area contributed by atoms with Crippen molar-refractivity contribution in [1.29, 1.82) is 0 Å². The molecule has 2 heterocycles. The number of carbonyl (C=O) groups excluding carboxylic acids is 2. The van der Waals surface area contributed by atoms with Crippen molar-refractivity contribution in [3.63, 3.8) is 0 Å². The Bertz CT molecular complexity index is 1330. The standard InChI is InChI=1S/C24H19ClFN3O2S/c1-13-6-4-5-7-21(13)28-14(2)10-16(15(28)3)11-18-22(30)27-24(32)29(23(18)31)17-8-9-20(26)19(25)12-17/h4-12H,1-3H3,(H,27,30,32)/b18-11+. The predicted molar refractivity (Wildman–Crippen MR) is 128 cm³/mol. The first-order valence-corrected chi connectivity index (χ1v) is 10.6. The molecule has 1 fully saturated rings. The zero-order valence-electron chi connectivity index (χ0n) is 17.6. The van der Waals surface area contributed by atoms with Gasteiger partial charge in [0.25, 0.3) is 11.8 Å². The Morgan fingerprint density at radius 2 is 1.78 bits per heavy atom. The van der Waals surface area contributed by atoms with E-state index in [2.05, 4.69) is 9.88 Å². The van der Waals surface area contributed by atoms with E-state index in [1.165, 1.54) is 12.1 Å². The van der Waals surface area contributed by atoms with Crippen LogP contribution in [-0.2, 0) is 9.59 Å². The van der Waals surface area contributed by atoms with E-state index in [9.17, 15) is 14.0 Å². The fourth-order valence-corrected chi connectivity index (χ4v) is 4.25. The van der Waals surface area contributed by atoms with Crippen molar-refractivity contribution in [2.45, 2.75) is 20.8 Å². The molecular weight excluding hydrogens is 449 g/mol. The molecule has 1 N–H and O–H groups in total. The smallest absolute Gasteiger partial charge is 0.270 e. The molecule has 0 radical (unpaired) electrons. The number of amides is 2. The summed E-state index contributed by atoms with van der Waals surface area (Å²) in [6.07, 6.45) is 1.55. The molecule has 0 spiro atoms. The van der Waals surface area contributed by atoms with Gasteiger partial charge in [-0.3, -0.25) is 19.8 Å². The van der Waals surface area contributed by atoms with E-state index in [1.54, 1.807) is 6.08 Å². The molecule has 0 bridgehead atoms. The minimum Gasteiger partial charge on any atom is -0.318 e. The predicted octanol–water partition coefficient (Wildman–Crippen LogP) is 5.03. The molecule has 162 valence electrons. The molecule has 2 amide bonds. The van der Waals surface area contributed by atoms with Gasteiger partial charge in [0.1, 0.15) is 11.4 Å². The molecule has 0 unspecified atom stereocenters. The molecule has 8 heteroatoms. The van der Waals surface area contributed by atoms with Crippen LogP contribution in [0.2, 0.25) is 5.02 Å². The molecule has 0 atom stereocenters. The molecular formula is C24H19ClFN3O2S. The molecule has 32 heavy (non-hydrogen) atoms. The fourth-order valence-electron chi connectivity index (χ4n) is 3.79. The summed E-state index contributed by atoms with van der Waals surface area (Å²) in [7, 11) is 0. The number of carbonyl (C=O) groups is 2. The van der Waals surface area contributed by atoms with Crippen LogP contribution in [-0.4, -0.2) is 21.5 Å². The van der Waals surface area contributed by atoms with E-state index in [0.717, 1.165) is 39.2 Å². The van der Waals surface area contributed by atoms with Crippen LogP contribution in [0.15, 0.2) is 54.1 Å². The van der Waals surface area contributed by atoms with Crippen molar-refractivity contribution in [3.8, 4) is 5.69 Å². The van der Waals surface area contributed by atoms with Crippen molar-refractivity contribution in [3.05, 3.63) is 87.5 Å². The van der Waals surface area contributed by atoms with Crippen LogP contribution in [0, 0.1) is 26.6 Å². The van der Waals surface area contributed by atoms with Gasteiger partial charge in [-0.15, -0.1) is 0 Å². The second-order valence-corrected chi connectivity index (χ2v) is 8.30. The maximum atomic E-state index is 13.6. The van der Waals surface area contributed by atoms with Crippen LogP contribution in [0.3, 0.4) is 0 Å². The van der Waals surface area contributed by atoms with Gasteiger partial charge in [-0.05, 0) is 80.5 Å². The monoisotopic (exact) mass is 467 g/mol. The third kappa shape index (κ3) is 3.74. The van der Waals surface area contributed by atoms with Gasteiger partial charge < -0.3 is 4.57 Å². The van der Waals surface area contributed by atoms with Crippen LogP contribution in [0.1, 0.15) is 22.5 Å². The lowest BCUT2D eigenvalue weighted by Gasteiger charge is -2.29. The summed E-state index contributed by atoms with van der Waals surface area (Å²) in [4.78, 5) is 27.0. The summed E-state index contributed by atoms with van der Waals surface area (Å²) in [5.74, 6) is -1.82. The Labute approximate surface area is 195 Å². The van der Waals surface area contributed by atoms with E-state index >= 15 is 0 Å². The van der Waals surface area contributed by atoms with Crippen molar-refractivity contribution in [2.75, 3.05) is 4.90 Å². The number of nitrogens with zero attached hydrogens (tertiary/aromatic N) is 2. The third-order valence-corrected chi connectivity index (χ3v) is 5.96. The third-order valence-electron chi connectivity index (χ3n) is 5.39. The molecule has 5 nitrogen and oxygen atoms in total. The molecule has 3 aromatic rings. The number of para-hydroxylation sites is 1.